The van der Waals surface area contributed by atoms with Gasteiger partial charge >= 0.3 is 5.97 Å². The number of benzene rings is 1. The van der Waals surface area contributed by atoms with E-state index in [1.807, 2.05) is 18.3 Å². The smallest absolute Gasteiger partial charge is 0.329 e. The molecule has 1 atom stereocenters. The highest BCUT2D eigenvalue weighted by Crippen LogP contribution is 2.31. The highest BCUT2D eigenvalue weighted by atomic mass is 16.4. The van der Waals surface area contributed by atoms with Crippen molar-refractivity contribution in [2.75, 3.05) is 6.54 Å². The predicted octanol–water partition coefficient (Wildman–Crippen LogP) is 2.74. The summed E-state index contributed by atoms with van der Waals surface area (Å²) < 4.78 is 0. The molecular weight excluding hydrogens is 292 g/mol. The summed E-state index contributed by atoms with van der Waals surface area (Å²) in [6, 6.07) is 6.08. The molecule has 23 heavy (non-hydrogen) atoms. The zero-order valence-corrected chi connectivity index (χ0v) is 13.6. The third kappa shape index (κ3) is 2.50. The molecule has 0 bridgehead atoms. The van der Waals surface area contributed by atoms with Crippen LogP contribution in [0.25, 0.3) is 10.9 Å². The van der Waals surface area contributed by atoms with Gasteiger partial charge in [-0.2, -0.15) is 0 Å². The average Bonchev–Trinajstić information content (AvgIpc) is 3.12. The molecule has 5 nitrogen and oxygen atoms in total. The second kappa shape index (κ2) is 5.72. The third-order valence-corrected chi connectivity index (χ3v) is 5.01. The molecule has 1 saturated heterocycles. The zero-order chi connectivity index (χ0) is 16.6. The number of likely N-dealkylation sites (tertiary alicyclic amines) is 1. The third-order valence-electron chi connectivity index (χ3n) is 5.01. The van der Waals surface area contributed by atoms with E-state index in [-0.39, 0.29) is 12.3 Å². The van der Waals surface area contributed by atoms with Gasteiger partial charge < -0.3 is 15.0 Å². The number of aliphatic carboxylic acids is 1. The van der Waals surface area contributed by atoms with Gasteiger partial charge in [-0.05, 0) is 37.3 Å². The molecule has 1 aromatic heterocycles. The standard InChI is InChI=1S/C18H22N2O3/c1-3-12-6-4-7-14-13(11-19-16(12)14)10-15(21)20-9-5-8-18(20,2)17(22)23/h4,6-7,11,19H,3,5,8-10H2,1-2H3,(H,22,23). The maximum Gasteiger partial charge on any atom is 0.329 e. The predicted molar refractivity (Wildman–Crippen MR) is 88.4 cm³/mol. The maximum absolute atomic E-state index is 12.7. The lowest BCUT2D eigenvalue weighted by molar-refractivity contribution is -0.155. The van der Waals surface area contributed by atoms with Crippen molar-refractivity contribution in [1.29, 1.82) is 0 Å². The van der Waals surface area contributed by atoms with Crippen molar-refractivity contribution in [3.05, 3.63) is 35.5 Å². The summed E-state index contributed by atoms with van der Waals surface area (Å²) >= 11 is 0. The summed E-state index contributed by atoms with van der Waals surface area (Å²) in [5, 5.41) is 10.5. The number of aryl methyl sites for hydroxylation is 1. The molecule has 1 unspecified atom stereocenters. The number of aromatic nitrogens is 1. The molecule has 1 aliphatic rings. The summed E-state index contributed by atoms with van der Waals surface area (Å²) in [5.74, 6) is -1.04. The van der Waals surface area contributed by atoms with Crippen molar-refractivity contribution >= 4 is 22.8 Å². The Morgan fingerprint density at radius 3 is 2.83 bits per heavy atom. The van der Waals surface area contributed by atoms with Crippen LogP contribution in [0.4, 0.5) is 0 Å². The molecule has 3 rings (SSSR count). The lowest BCUT2D eigenvalue weighted by Gasteiger charge is -2.31. The van der Waals surface area contributed by atoms with Gasteiger partial charge in [0.1, 0.15) is 5.54 Å². The molecule has 0 radical (unpaired) electrons. The summed E-state index contributed by atoms with van der Waals surface area (Å²) in [6.45, 7) is 4.26. The summed E-state index contributed by atoms with van der Waals surface area (Å²) in [7, 11) is 0. The average molecular weight is 314 g/mol. The van der Waals surface area contributed by atoms with Gasteiger partial charge in [-0.25, -0.2) is 4.79 Å². The number of carbonyl (C=O) groups is 2. The van der Waals surface area contributed by atoms with Crippen LogP contribution in [-0.4, -0.2) is 39.0 Å². The number of para-hydroxylation sites is 1. The van der Waals surface area contributed by atoms with Crippen molar-refractivity contribution in [2.45, 2.75) is 45.1 Å². The first-order valence-electron chi connectivity index (χ1n) is 8.09. The largest absolute Gasteiger partial charge is 0.480 e. The van der Waals surface area contributed by atoms with Crippen molar-refractivity contribution in [1.82, 2.24) is 9.88 Å². The van der Waals surface area contributed by atoms with E-state index in [2.05, 4.69) is 18.0 Å². The van der Waals surface area contributed by atoms with Crippen molar-refractivity contribution in [2.24, 2.45) is 0 Å². The van der Waals surface area contributed by atoms with Crippen LogP contribution in [0.15, 0.2) is 24.4 Å². The molecule has 0 spiro atoms. The Kier molecular flexibility index (Phi) is 3.88. The van der Waals surface area contributed by atoms with Crippen molar-refractivity contribution < 1.29 is 14.7 Å². The van der Waals surface area contributed by atoms with Gasteiger partial charge in [0.05, 0.1) is 6.42 Å². The summed E-state index contributed by atoms with van der Waals surface area (Å²) in [6.07, 6.45) is 4.28. The number of H-pyrrole nitrogens is 1. The molecule has 1 aliphatic heterocycles. The number of hydrogen-bond acceptors (Lipinski definition) is 2. The van der Waals surface area contributed by atoms with Gasteiger partial charge in [0.2, 0.25) is 5.91 Å². The molecular formula is C18H22N2O3. The van der Waals surface area contributed by atoms with E-state index in [9.17, 15) is 14.7 Å². The Hall–Kier alpha value is -2.30. The molecule has 0 saturated carbocycles. The molecule has 1 amide bonds. The summed E-state index contributed by atoms with van der Waals surface area (Å²) in [5.41, 5.74) is 2.15. The summed E-state index contributed by atoms with van der Waals surface area (Å²) in [4.78, 5) is 29.0. The molecule has 2 heterocycles. The number of carboxylic acids is 1. The number of rotatable bonds is 4. The second-order valence-corrected chi connectivity index (χ2v) is 6.41. The van der Waals surface area contributed by atoms with Gasteiger partial charge in [-0.15, -0.1) is 0 Å². The van der Waals surface area contributed by atoms with Crippen LogP contribution < -0.4 is 0 Å². The maximum atomic E-state index is 12.7. The molecule has 1 aromatic carbocycles. The number of fused-ring (bicyclic) bond motifs is 1. The first-order chi connectivity index (χ1) is 11.0. The molecule has 122 valence electrons. The topological polar surface area (TPSA) is 73.4 Å². The van der Waals surface area contributed by atoms with Gasteiger partial charge in [0.15, 0.2) is 0 Å². The minimum absolute atomic E-state index is 0.116. The van der Waals surface area contributed by atoms with Gasteiger partial charge in [-0.1, -0.05) is 25.1 Å². The molecule has 2 N–H and O–H groups in total. The van der Waals surface area contributed by atoms with Gasteiger partial charge in [0.25, 0.3) is 0 Å². The van der Waals surface area contributed by atoms with E-state index in [4.69, 9.17) is 0 Å². The van der Waals surface area contributed by atoms with Crippen LogP contribution in [0.2, 0.25) is 0 Å². The highest BCUT2D eigenvalue weighted by Gasteiger charge is 2.45. The highest BCUT2D eigenvalue weighted by molar-refractivity contribution is 5.93. The SMILES string of the molecule is CCc1cccc2c(CC(=O)N3CCCC3(C)C(=O)O)c[nH]c12. The fourth-order valence-corrected chi connectivity index (χ4v) is 3.56. The Morgan fingerprint density at radius 1 is 1.35 bits per heavy atom. The van der Waals surface area contributed by atoms with Crippen LogP contribution in [-0.2, 0) is 22.4 Å². The number of carboxylic acid groups (broad SMARTS) is 1. The van der Waals surface area contributed by atoms with Crippen molar-refractivity contribution in [3.63, 3.8) is 0 Å². The fraction of sp³-hybridized carbons (Fsp3) is 0.444. The quantitative estimate of drug-likeness (QED) is 0.911. The van der Waals surface area contributed by atoms with E-state index in [1.54, 1.807) is 6.92 Å². The Labute approximate surface area is 135 Å². The van der Waals surface area contributed by atoms with E-state index in [0.29, 0.717) is 13.0 Å². The lowest BCUT2D eigenvalue weighted by atomic mass is 9.98. The Balaban J connectivity index is 1.88. The van der Waals surface area contributed by atoms with Gasteiger partial charge in [0, 0.05) is 23.6 Å². The molecule has 2 aromatic rings. The van der Waals surface area contributed by atoms with Crippen LogP contribution in [0, 0.1) is 0 Å². The number of nitrogens with zero attached hydrogens (tertiary/aromatic N) is 1. The Morgan fingerprint density at radius 2 is 2.13 bits per heavy atom. The fourth-order valence-electron chi connectivity index (χ4n) is 3.56. The van der Waals surface area contributed by atoms with E-state index >= 15 is 0 Å². The van der Waals surface area contributed by atoms with E-state index in [1.165, 1.54) is 10.5 Å². The van der Waals surface area contributed by atoms with Crippen LogP contribution in [0.5, 0.6) is 0 Å². The minimum atomic E-state index is -1.07. The van der Waals surface area contributed by atoms with Crippen LogP contribution >= 0.6 is 0 Å². The number of hydrogen-bond donors (Lipinski definition) is 2. The molecule has 1 fully saturated rings. The number of carbonyl (C=O) groups excluding carboxylic acids is 1. The molecule has 0 aliphatic carbocycles. The van der Waals surface area contributed by atoms with E-state index < -0.39 is 11.5 Å². The first-order valence-corrected chi connectivity index (χ1v) is 8.09. The minimum Gasteiger partial charge on any atom is -0.480 e. The monoisotopic (exact) mass is 314 g/mol. The Bertz CT molecular complexity index is 765. The van der Waals surface area contributed by atoms with Gasteiger partial charge in [-0.3, -0.25) is 4.79 Å². The molecule has 5 heteroatoms. The van der Waals surface area contributed by atoms with E-state index in [0.717, 1.165) is 29.3 Å². The van der Waals surface area contributed by atoms with Crippen LogP contribution in [0.1, 0.15) is 37.8 Å². The second-order valence-electron chi connectivity index (χ2n) is 6.41. The number of nitrogens with one attached hydrogen (secondary N) is 1. The number of amides is 1. The zero-order valence-electron chi connectivity index (χ0n) is 13.6. The lowest BCUT2D eigenvalue weighted by Crippen LogP contribution is -2.51. The first kappa shape index (κ1) is 15.6. The van der Waals surface area contributed by atoms with Crippen LogP contribution in [0.3, 0.4) is 0 Å². The normalized spacial score (nSPS) is 21.0. The van der Waals surface area contributed by atoms with Crippen molar-refractivity contribution in [3.8, 4) is 0 Å². The number of aromatic amines is 1.